The maximum absolute atomic E-state index is 14.9. The third kappa shape index (κ3) is 3.90. The lowest BCUT2D eigenvalue weighted by Crippen LogP contribution is -2.61. The number of ether oxygens (including phenoxy) is 1. The van der Waals surface area contributed by atoms with Crippen LogP contribution in [0.1, 0.15) is 59.2 Å². The van der Waals surface area contributed by atoms with E-state index in [2.05, 4.69) is 40.1 Å². The van der Waals surface area contributed by atoms with E-state index in [1.165, 1.54) is 44.4 Å². The second-order valence-corrected chi connectivity index (χ2v) is 9.44. The molecule has 1 atom stereocenters. The van der Waals surface area contributed by atoms with Gasteiger partial charge >= 0.3 is 5.97 Å². The first-order chi connectivity index (χ1) is 15.1. The fourth-order valence-corrected chi connectivity index (χ4v) is 5.87. The first-order valence-electron chi connectivity index (χ1n) is 11.5. The minimum Gasteiger partial charge on any atom is -0.465 e. The molecule has 0 unspecified atom stereocenters. The highest BCUT2D eigenvalue weighted by molar-refractivity contribution is 5.89. The zero-order valence-corrected chi connectivity index (χ0v) is 18.3. The summed E-state index contributed by atoms with van der Waals surface area (Å²) in [6.07, 6.45) is 6.96. The van der Waals surface area contributed by atoms with Gasteiger partial charge in [-0.2, -0.15) is 0 Å². The number of likely N-dealkylation sites (tertiary alicyclic amines) is 1. The van der Waals surface area contributed by atoms with Crippen LogP contribution in [-0.2, 0) is 24.2 Å². The number of methoxy groups -OCH3 is 1. The highest BCUT2D eigenvalue weighted by Crippen LogP contribution is 2.46. The van der Waals surface area contributed by atoms with Crippen molar-refractivity contribution in [3.63, 3.8) is 0 Å². The zero-order valence-electron chi connectivity index (χ0n) is 18.3. The Morgan fingerprint density at radius 3 is 2.71 bits per heavy atom. The second kappa shape index (κ2) is 8.36. The van der Waals surface area contributed by atoms with Gasteiger partial charge in [0.25, 0.3) is 0 Å². The lowest BCUT2D eigenvalue weighted by atomic mass is 9.68. The van der Waals surface area contributed by atoms with Gasteiger partial charge in [-0.15, -0.1) is 0 Å². The maximum atomic E-state index is 14.9. The predicted molar refractivity (Wildman–Crippen MR) is 118 cm³/mol. The van der Waals surface area contributed by atoms with E-state index < -0.39 is 5.97 Å². The van der Waals surface area contributed by atoms with Crippen LogP contribution < -0.4 is 0 Å². The summed E-state index contributed by atoms with van der Waals surface area (Å²) in [5.41, 5.74) is 3.73. The van der Waals surface area contributed by atoms with Crippen LogP contribution >= 0.6 is 0 Å². The molecule has 0 bridgehead atoms. The molecule has 2 fully saturated rings. The number of nitrogens with zero attached hydrogens (tertiary/aromatic N) is 2. The predicted octanol–water partition coefficient (Wildman–Crippen LogP) is 4.56. The van der Waals surface area contributed by atoms with Gasteiger partial charge in [-0.25, -0.2) is 9.18 Å². The van der Waals surface area contributed by atoms with Gasteiger partial charge in [0.2, 0.25) is 0 Å². The topological polar surface area (TPSA) is 32.8 Å². The summed E-state index contributed by atoms with van der Waals surface area (Å²) in [6, 6.07) is 14.4. The van der Waals surface area contributed by atoms with E-state index in [0.717, 1.165) is 43.6 Å². The van der Waals surface area contributed by atoms with Crippen molar-refractivity contribution in [2.24, 2.45) is 0 Å². The summed E-state index contributed by atoms with van der Waals surface area (Å²) in [7, 11) is 1.34. The largest absolute Gasteiger partial charge is 0.465 e. The number of fused-ring (bicyclic) bond motifs is 1. The average molecular weight is 423 g/mol. The lowest BCUT2D eigenvalue weighted by Gasteiger charge is -2.57. The molecule has 3 aliphatic rings. The fraction of sp³-hybridized carbons (Fsp3) is 0.500. The summed E-state index contributed by atoms with van der Waals surface area (Å²) in [4.78, 5) is 17.0. The van der Waals surface area contributed by atoms with Crippen LogP contribution in [0.3, 0.4) is 0 Å². The Kier molecular flexibility index (Phi) is 5.57. The maximum Gasteiger partial charge on any atom is 0.337 e. The van der Waals surface area contributed by atoms with Crippen LogP contribution in [-0.4, -0.2) is 47.5 Å². The van der Waals surface area contributed by atoms with Crippen molar-refractivity contribution in [2.75, 3.05) is 20.2 Å². The molecule has 0 aromatic heterocycles. The van der Waals surface area contributed by atoms with E-state index in [1.807, 2.05) is 6.07 Å². The van der Waals surface area contributed by atoms with Crippen molar-refractivity contribution >= 4 is 5.97 Å². The number of rotatable bonds is 4. The number of piperidine rings is 1. The number of benzene rings is 2. The Bertz CT molecular complexity index is 957. The first-order valence-corrected chi connectivity index (χ1v) is 11.5. The van der Waals surface area contributed by atoms with E-state index in [1.54, 1.807) is 0 Å². The van der Waals surface area contributed by atoms with Crippen molar-refractivity contribution < 1.29 is 13.9 Å². The van der Waals surface area contributed by atoms with Gasteiger partial charge in [0.1, 0.15) is 5.82 Å². The first kappa shape index (κ1) is 20.7. The summed E-state index contributed by atoms with van der Waals surface area (Å²) in [5, 5.41) is 0. The van der Waals surface area contributed by atoms with Gasteiger partial charge in [-0.3, -0.25) is 9.80 Å². The molecule has 1 saturated heterocycles. The molecule has 2 aromatic carbocycles. The molecule has 2 heterocycles. The van der Waals surface area contributed by atoms with Gasteiger partial charge < -0.3 is 4.74 Å². The van der Waals surface area contributed by atoms with Crippen LogP contribution in [0.5, 0.6) is 0 Å². The standard InChI is InChI=1S/C26H31FN2O2/c1-31-25(30)21-14-20-8-12-28(18-23(20)24(27)15-21)22-9-13-29(26(16-22)10-5-11-26)17-19-6-3-2-4-7-19/h2-4,6-7,14-15,22H,5,8-13,16-18H2,1H3/t22-/m0/s1. The van der Waals surface area contributed by atoms with E-state index in [0.29, 0.717) is 23.7 Å². The van der Waals surface area contributed by atoms with Crippen molar-refractivity contribution in [3.05, 3.63) is 70.5 Å². The molecule has 4 nitrogen and oxygen atoms in total. The molecule has 0 N–H and O–H groups in total. The minimum atomic E-state index is -0.471. The Hall–Kier alpha value is -2.24. The third-order valence-corrected chi connectivity index (χ3v) is 7.77. The van der Waals surface area contributed by atoms with Crippen LogP contribution in [0.15, 0.2) is 42.5 Å². The Morgan fingerprint density at radius 1 is 1.19 bits per heavy atom. The van der Waals surface area contributed by atoms with Crippen LogP contribution in [0.25, 0.3) is 0 Å². The van der Waals surface area contributed by atoms with E-state index in [-0.39, 0.29) is 5.82 Å². The van der Waals surface area contributed by atoms with Crippen LogP contribution in [0, 0.1) is 5.82 Å². The van der Waals surface area contributed by atoms with Crippen molar-refractivity contribution in [2.45, 2.75) is 63.2 Å². The van der Waals surface area contributed by atoms with E-state index in [9.17, 15) is 9.18 Å². The summed E-state index contributed by atoms with van der Waals surface area (Å²) < 4.78 is 19.6. The number of halogens is 1. The monoisotopic (exact) mass is 422 g/mol. The zero-order chi connectivity index (χ0) is 21.4. The molecule has 0 radical (unpaired) electrons. The Labute approximate surface area is 184 Å². The highest BCUT2D eigenvalue weighted by atomic mass is 19.1. The number of hydrogen-bond acceptors (Lipinski definition) is 4. The quantitative estimate of drug-likeness (QED) is 0.677. The summed E-state index contributed by atoms with van der Waals surface area (Å²) in [5.74, 6) is -0.746. The van der Waals surface area contributed by atoms with Gasteiger partial charge in [0, 0.05) is 43.3 Å². The van der Waals surface area contributed by atoms with Crippen LogP contribution in [0.2, 0.25) is 0 Å². The smallest absolute Gasteiger partial charge is 0.337 e. The summed E-state index contributed by atoms with van der Waals surface area (Å²) in [6.45, 7) is 3.70. The van der Waals surface area contributed by atoms with Gasteiger partial charge in [-0.1, -0.05) is 30.3 Å². The molecule has 5 heteroatoms. The van der Waals surface area contributed by atoms with Crippen molar-refractivity contribution in [1.29, 1.82) is 0 Å². The molecular weight excluding hydrogens is 391 g/mol. The molecule has 164 valence electrons. The summed E-state index contributed by atoms with van der Waals surface area (Å²) >= 11 is 0. The molecule has 1 aliphatic carbocycles. The molecule has 1 spiro atoms. The number of hydrogen-bond donors (Lipinski definition) is 0. The second-order valence-electron chi connectivity index (χ2n) is 9.44. The Morgan fingerprint density at radius 2 is 2.00 bits per heavy atom. The highest BCUT2D eigenvalue weighted by Gasteiger charge is 2.47. The molecule has 2 aliphatic heterocycles. The number of carbonyl (C=O) groups excluding carboxylic acids is 1. The molecule has 2 aromatic rings. The molecule has 31 heavy (non-hydrogen) atoms. The fourth-order valence-electron chi connectivity index (χ4n) is 5.87. The van der Waals surface area contributed by atoms with E-state index >= 15 is 0 Å². The normalized spacial score (nSPS) is 23.2. The third-order valence-electron chi connectivity index (χ3n) is 7.77. The van der Waals surface area contributed by atoms with E-state index in [4.69, 9.17) is 4.74 Å². The van der Waals surface area contributed by atoms with Crippen LogP contribution in [0.4, 0.5) is 4.39 Å². The SMILES string of the molecule is COC(=O)c1cc(F)c2c(c1)CCN([C@H]1CCN(Cc3ccccc3)C3(CCC3)C1)C2. The molecule has 0 amide bonds. The van der Waals surface area contributed by atoms with Crippen molar-refractivity contribution in [3.8, 4) is 0 Å². The number of carbonyl (C=O) groups is 1. The van der Waals surface area contributed by atoms with Gasteiger partial charge in [-0.05, 0) is 61.8 Å². The molecular formula is C26H31FN2O2. The molecule has 5 rings (SSSR count). The van der Waals surface area contributed by atoms with Gasteiger partial charge in [0.05, 0.1) is 12.7 Å². The average Bonchev–Trinajstić information content (AvgIpc) is 2.78. The van der Waals surface area contributed by atoms with Crippen molar-refractivity contribution in [1.82, 2.24) is 9.80 Å². The molecule has 1 saturated carbocycles. The van der Waals surface area contributed by atoms with Gasteiger partial charge in [0.15, 0.2) is 0 Å². The Balaban J connectivity index is 1.30. The number of esters is 1. The minimum absolute atomic E-state index is 0.275. The lowest BCUT2D eigenvalue weighted by molar-refractivity contribution is -0.0591.